The Kier molecular flexibility index (Phi) is 3.95. The van der Waals surface area contributed by atoms with E-state index in [0.717, 1.165) is 31.6 Å². The van der Waals surface area contributed by atoms with Crippen LogP contribution in [0, 0.1) is 19.3 Å². The van der Waals surface area contributed by atoms with Gasteiger partial charge in [-0.15, -0.1) is 0 Å². The first kappa shape index (κ1) is 14.1. The molecular weight excluding hydrogens is 236 g/mol. The number of piperidine rings is 1. The Labute approximate surface area is 116 Å². The maximum absolute atomic E-state index is 12.7. The summed E-state index contributed by atoms with van der Waals surface area (Å²) < 4.78 is 0. The molecule has 3 heteroatoms. The molecule has 1 aliphatic rings. The monoisotopic (exact) mass is 260 g/mol. The van der Waals surface area contributed by atoms with E-state index in [-0.39, 0.29) is 11.3 Å². The lowest BCUT2D eigenvalue weighted by Crippen LogP contribution is -2.46. The summed E-state index contributed by atoms with van der Waals surface area (Å²) in [7, 11) is 1.89. The Morgan fingerprint density at radius 3 is 2.21 bits per heavy atom. The second-order valence-electron chi connectivity index (χ2n) is 6.02. The van der Waals surface area contributed by atoms with Gasteiger partial charge in [0, 0.05) is 18.2 Å². The standard InChI is InChI=1S/C16H24N2O/c1-12-9-13(2)11-14(10-12)18(4)15(19)16(3)5-7-17-8-6-16/h9-11,17H,5-8H2,1-4H3. The van der Waals surface area contributed by atoms with Crippen molar-refractivity contribution in [1.29, 1.82) is 0 Å². The Morgan fingerprint density at radius 2 is 1.68 bits per heavy atom. The summed E-state index contributed by atoms with van der Waals surface area (Å²) in [6.07, 6.45) is 1.84. The highest BCUT2D eigenvalue weighted by molar-refractivity contribution is 5.97. The Bertz CT molecular complexity index is 455. The van der Waals surface area contributed by atoms with E-state index in [4.69, 9.17) is 0 Å². The summed E-state index contributed by atoms with van der Waals surface area (Å²) in [6, 6.07) is 6.29. The summed E-state index contributed by atoms with van der Waals surface area (Å²) in [5.74, 6) is 0.235. The van der Waals surface area contributed by atoms with Crippen molar-refractivity contribution in [3.05, 3.63) is 29.3 Å². The van der Waals surface area contributed by atoms with E-state index in [0.29, 0.717) is 0 Å². The quantitative estimate of drug-likeness (QED) is 0.886. The number of nitrogens with one attached hydrogen (secondary N) is 1. The van der Waals surface area contributed by atoms with Crippen LogP contribution in [-0.2, 0) is 4.79 Å². The predicted octanol–water partition coefficient (Wildman–Crippen LogP) is 2.66. The maximum atomic E-state index is 12.7. The van der Waals surface area contributed by atoms with E-state index >= 15 is 0 Å². The SMILES string of the molecule is Cc1cc(C)cc(N(C)C(=O)C2(C)CCNCC2)c1. The summed E-state index contributed by atoms with van der Waals surface area (Å²) in [5.41, 5.74) is 3.18. The van der Waals surface area contributed by atoms with E-state index in [1.165, 1.54) is 11.1 Å². The molecule has 0 saturated carbocycles. The number of carbonyl (C=O) groups excluding carboxylic acids is 1. The Morgan fingerprint density at radius 1 is 1.16 bits per heavy atom. The molecule has 0 unspecified atom stereocenters. The molecule has 1 saturated heterocycles. The van der Waals surface area contributed by atoms with Crippen LogP contribution >= 0.6 is 0 Å². The normalized spacial score (nSPS) is 18.1. The zero-order valence-electron chi connectivity index (χ0n) is 12.4. The molecule has 1 heterocycles. The lowest BCUT2D eigenvalue weighted by Gasteiger charge is -2.36. The molecule has 1 N–H and O–H groups in total. The van der Waals surface area contributed by atoms with Gasteiger partial charge in [0.15, 0.2) is 0 Å². The van der Waals surface area contributed by atoms with Gasteiger partial charge < -0.3 is 10.2 Å². The van der Waals surface area contributed by atoms with Crippen molar-refractivity contribution in [3.63, 3.8) is 0 Å². The Balaban J connectivity index is 2.22. The molecule has 3 nitrogen and oxygen atoms in total. The molecule has 0 aromatic heterocycles. The first-order valence-corrected chi connectivity index (χ1v) is 6.99. The third-order valence-electron chi connectivity index (χ3n) is 4.12. The molecule has 0 atom stereocenters. The van der Waals surface area contributed by atoms with E-state index in [9.17, 15) is 4.79 Å². The summed E-state index contributed by atoms with van der Waals surface area (Å²) in [6.45, 7) is 8.10. The molecule has 1 fully saturated rings. The molecule has 0 spiro atoms. The fourth-order valence-corrected chi connectivity index (χ4v) is 2.86. The van der Waals surface area contributed by atoms with Crippen LogP contribution in [0.5, 0.6) is 0 Å². The largest absolute Gasteiger partial charge is 0.317 e. The number of hydrogen-bond acceptors (Lipinski definition) is 2. The van der Waals surface area contributed by atoms with Gasteiger partial charge in [-0.25, -0.2) is 0 Å². The average molecular weight is 260 g/mol. The van der Waals surface area contributed by atoms with Gasteiger partial charge in [-0.1, -0.05) is 13.0 Å². The van der Waals surface area contributed by atoms with Crippen molar-refractivity contribution in [2.75, 3.05) is 25.0 Å². The number of rotatable bonds is 2. The van der Waals surface area contributed by atoms with Gasteiger partial charge in [-0.05, 0) is 63.0 Å². The second kappa shape index (κ2) is 5.33. The highest BCUT2D eigenvalue weighted by Crippen LogP contribution is 2.32. The van der Waals surface area contributed by atoms with Gasteiger partial charge in [-0.3, -0.25) is 4.79 Å². The molecule has 0 bridgehead atoms. The molecular formula is C16H24N2O. The summed E-state index contributed by atoms with van der Waals surface area (Å²) >= 11 is 0. The third-order valence-corrected chi connectivity index (χ3v) is 4.12. The van der Waals surface area contributed by atoms with Gasteiger partial charge in [0.05, 0.1) is 0 Å². The van der Waals surface area contributed by atoms with Crippen LogP contribution in [0.15, 0.2) is 18.2 Å². The zero-order valence-corrected chi connectivity index (χ0v) is 12.4. The van der Waals surface area contributed by atoms with Gasteiger partial charge in [0.2, 0.25) is 5.91 Å². The van der Waals surface area contributed by atoms with Gasteiger partial charge >= 0.3 is 0 Å². The predicted molar refractivity (Wildman–Crippen MR) is 79.5 cm³/mol. The first-order chi connectivity index (χ1) is 8.92. The van der Waals surface area contributed by atoms with Crippen molar-refractivity contribution in [3.8, 4) is 0 Å². The third kappa shape index (κ3) is 2.98. The van der Waals surface area contributed by atoms with Crippen LogP contribution in [0.4, 0.5) is 5.69 Å². The van der Waals surface area contributed by atoms with Crippen LogP contribution in [-0.4, -0.2) is 26.0 Å². The van der Waals surface area contributed by atoms with E-state index < -0.39 is 0 Å². The molecule has 1 aromatic rings. The molecule has 104 valence electrons. The fraction of sp³-hybridized carbons (Fsp3) is 0.562. The van der Waals surface area contributed by atoms with Crippen molar-refractivity contribution >= 4 is 11.6 Å². The molecule has 1 aliphatic heterocycles. The maximum Gasteiger partial charge on any atom is 0.232 e. The van der Waals surface area contributed by atoms with E-state index in [2.05, 4.69) is 44.3 Å². The molecule has 0 aliphatic carbocycles. The molecule has 0 radical (unpaired) electrons. The van der Waals surface area contributed by atoms with Crippen LogP contribution in [0.2, 0.25) is 0 Å². The number of aryl methyl sites for hydroxylation is 2. The number of amides is 1. The van der Waals surface area contributed by atoms with Gasteiger partial charge in [0.1, 0.15) is 0 Å². The smallest absolute Gasteiger partial charge is 0.232 e. The van der Waals surface area contributed by atoms with E-state index in [1.807, 2.05) is 11.9 Å². The lowest BCUT2D eigenvalue weighted by molar-refractivity contribution is -0.128. The lowest BCUT2D eigenvalue weighted by atomic mass is 9.79. The highest BCUT2D eigenvalue weighted by Gasteiger charge is 2.36. The molecule has 19 heavy (non-hydrogen) atoms. The first-order valence-electron chi connectivity index (χ1n) is 6.99. The number of carbonyl (C=O) groups is 1. The Hall–Kier alpha value is -1.35. The van der Waals surface area contributed by atoms with Gasteiger partial charge in [0.25, 0.3) is 0 Å². The zero-order chi connectivity index (χ0) is 14.0. The van der Waals surface area contributed by atoms with Crippen molar-refractivity contribution in [1.82, 2.24) is 5.32 Å². The number of hydrogen-bond donors (Lipinski definition) is 1. The van der Waals surface area contributed by atoms with Crippen LogP contribution < -0.4 is 10.2 Å². The van der Waals surface area contributed by atoms with Crippen LogP contribution in [0.1, 0.15) is 30.9 Å². The fourth-order valence-electron chi connectivity index (χ4n) is 2.86. The molecule has 2 rings (SSSR count). The number of nitrogens with zero attached hydrogens (tertiary/aromatic N) is 1. The topological polar surface area (TPSA) is 32.3 Å². The minimum Gasteiger partial charge on any atom is -0.317 e. The molecule has 1 aromatic carbocycles. The van der Waals surface area contributed by atoms with Crippen molar-refractivity contribution in [2.45, 2.75) is 33.6 Å². The second-order valence-corrected chi connectivity index (χ2v) is 6.02. The highest BCUT2D eigenvalue weighted by atomic mass is 16.2. The minimum absolute atomic E-state index is 0.225. The summed E-state index contributed by atoms with van der Waals surface area (Å²) in [5, 5.41) is 3.32. The number of benzene rings is 1. The van der Waals surface area contributed by atoms with Crippen LogP contribution in [0.25, 0.3) is 0 Å². The van der Waals surface area contributed by atoms with Gasteiger partial charge in [-0.2, -0.15) is 0 Å². The molecule has 1 amide bonds. The van der Waals surface area contributed by atoms with E-state index in [1.54, 1.807) is 0 Å². The van der Waals surface area contributed by atoms with Crippen molar-refractivity contribution < 1.29 is 4.79 Å². The minimum atomic E-state index is -0.225. The number of anilines is 1. The average Bonchev–Trinajstić information content (AvgIpc) is 2.36. The van der Waals surface area contributed by atoms with Crippen molar-refractivity contribution in [2.24, 2.45) is 5.41 Å². The summed E-state index contributed by atoms with van der Waals surface area (Å²) in [4.78, 5) is 14.6. The van der Waals surface area contributed by atoms with Crippen LogP contribution in [0.3, 0.4) is 0 Å².